The van der Waals surface area contributed by atoms with Gasteiger partial charge in [0.05, 0.1) is 5.56 Å². The molecule has 1 unspecified atom stereocenters. The van der Waals surface area contributed by atoms with E-state index in [1.54, 1.807) is 12.1 Å². The largest absolute Gasteiger partial charge is 0.478 e. The van der Waals surface area contributed by atoms with E-state index in [2.05, 4.69) is 18.7 Å². The molecule has 1 fully saturated rings. The predicted octanol–water partition coefficient (Wildman–Crippen LogP) is 3.40. The number of hydrogen-bond donors (Lipinski definition) is 1. The minimum Gasteiger partial charge on any atom is -0.478 e. The predicted molar refractivity (Wildman–Crippen MR) is 76.3 cm³/mol. The molecule has 0 aliphatic carbocycles. The molecule has 0 spiro atoms. The average Bonchev–Trinajstić information content (AvgIpc) is 2.39. The van der Waals surface area contributed by atoms with Crippen molar-refractivity contribution in [1.29, 1.82) is 0 Å². The van der Waals surface area contributed by atoms with Crippen LogP contribution in [0.15, 0.2) is 24.3 Å². The normalized spacial score (nSPS) is 24.3. The molecule has 1 N–H and O–H groups in total. The first-order valence-corrected chi connectivity index (χ1v) is 7.07. The molecule has 0 amide bonds. The molecule has 1 aromatic carbocycles. The molecule has 0 saturated carbocycles. The zero-order valence-electron chi connectivity index (χ0n) is 11.9. The second-order valence-electron chi connectivity index (χ2n) is 5.98. The molecule has 2 rings (SSSR count). The fourth-order valence-corrected chi connectivity index (χ4v) is 2.91. The third-order valence-electron chi connectivity index (χ3n) is 4.29. The van der Waals surface area contributed by atoms with Gasteiger partial charge >= 0.3 is 5.97 Å². The van der Waals surface area contributed by atoms with Gasteiger partial charge in [-0.15, -0.1) is 0 Å². The van der Waals surface area contributed by atoms with E-state index in [1.807, 2.05) is 12.1 Å². The van der Waals surface area contributed by atoms with Crippen molar-refractivity contribution in [2.75, 3.05) is 13.1 Å². The second kappa shape index (κ2) is 5.74. The molecule has 0 aromatic heterocycles. The summed E-state index contributed by atoms with van der Waals surface area (Å²) in [6.45, 7) is 7.70. The molecule has 1 atom stereocenters. The van der Waals surface area contributed by atoms with Gasteiger partial charge in [-0.05, 0) is 48.9 Å². The molecule has 1 aliphatic rings. The highest BCUT2D eigenvalue weighted by Crippen LogP contribution is 2.33. The molecular formula is C16H23NO2. The molecule has 104 valence electrons. The smallest absolute Gasteiger partial charge is 0.335 e. The lowest BCUT2D eigenvalue weighted by atomic mass is 9.79. The maximum atomic E-state index is 11.0. The van der Waals surface area contributed by atoms with Crippen molar-refractivity contribution in [2.45, 2.75) is 39.7 Å². The Balaban J connectivity index is 2.04. The summed E-state index contributed by atoms with van der Waals surface area (Å²) >= 11 is 0. The van der Waals surface area contributed by atoms with Gasteiger partial charge in [0.15, 0.2) is 0 Å². The van der Waals surface area contributed by atoms with E-state index in [0.717, 1.165) is 25.2 Å². The zero-order chi connectivity index (χ0) is 13.9. The van der Waals surface area contributed by atoms with Gasteiger partial charge in [0.2, 0.25) is 0 Å². The van der Waals surface area contributed by atoms with E-state index < -0.39 is 5.97 Å². The van der Waals surface area contributed by atoms with Crippen LogP contribution in [0.25, 0.3) is 0 Å². The minimum absolute atomic E-state index is 0.382. The van der Waals surface area contributed by atoms with Gasteiger partial charge in [-0.2, -0.15) is 0 Å². The van der Waals surface area contributed by atoms with Gasteiger partial charge < -0.3 is 5.11 Å². The van der Waals surface area contributed by atoms with Gasteiger partial charge in [0.1, 0.15) is 0 Å². The number of nitrogens with zero attached hydrogens (tertiary/aromatic N) is 1. The summed E-state index contributed by atoms with van der Waals surface area (Å²) in [6, 6.07) is 7.30. The van der Waals surface area contributed by atoms with Crippen LogP contribution in [0.1, 0.15) is 49.0 Å². The number of carbonyl (C=O) groups is 1. The van der Waals surface area contributed by atoms with Crippen molar-refractivity contribution in [3.05, 3.63) is 35.4 Å². The summed E-state index contributed by atoms with van der Waals surface area (Å²) in [6.07, 6.45) is 3.75. The van der Waals surface area contributed by atoms with Gasteiger partial charge in [0.25, 0.3) is 0 Å². The van der Waals surface area contributed by atoms with E-state index in [0.29, 0.717) is 11.0 Å². The monoisotopic (exact) mass is 261 g/mol. The van der Waals surface area contributed by atoms with E-state index >= 15 is 0 Å². The lowest BCUT2D eigenvalue weighted by Crippen LogP contribution is -2.40. The molecule has 0 bridgehead atoms. The van der Waals surface area contributed by atoms with Crippen LogP contribution in [0, 0.1) is 5.41 Å². The van der Waals surface area contributed by atoms with Crippen LogP contribution in [0.4, 0.5) is 0 Å². The van der Waals surface area contributed by atoms with Crippen molar-refractivity contribution in [2.24, 2.45) is 5.41 Å². The first-order valence-electron chi connectivity index (χ1n) is 7.07. The van der Waals surface area contributed by atoms with Crippen LogP contribution >= 0.6 is 0 Å². The van der Waals surface area contributed by atoms with Crippen molar-refractivity contribution in [3.63, 3.8) is 0 Å². The van der Waals surface area contributed by atoms with Gasteiger partial charge in [0, 0.05) is 13.1 Å². The number of hydrogen-bond acceptors (Lipinski definition) is 2. The van der Waals surface area contributed by atoms with Crippen molar-refractivity contribution in [3.8, 4) is 0 Å². The molecule has 3 nitrogen and oxygen atoms in total. The van der Waals surface area contributed by atoms with Crippen molar-refractivity contribution in [1.82, 2.24) is 4.90 Å². The molecule has 0 radical (unpaired) electrons. The van der Waals surface area contributed by atoms with E-state index in [-0.39, 0.29) is 0 Å². The van der Waals surface area contributed by atoms with Crippen LogP contribution in [0.5, 0.6) is 0 Å². The van der Waals surface area contributed by atoms with Crippen molar-refractivity contribution < 1.29 is 9.90 Å². The highest BCUT2D eigenvalue weighted by atomic mass is 16.4. The minimum atomic E-state index is -0.848. The lowest BCUT2D eigenvalue weighted by molar-refractivity contribution is 0.0696. The maximum Gasteiger partial charge on any atom is 0.335 e. The second-order valence-corrected chi connectivity index (χ2v) is 5.98. The summed E-state index contributed by atoms with van der Waals surface area (Å²) in [5, 5.41) is 9.02. The third kappa shape index (κ3) is 3.57. The number of benzene rings is 1. The number of aromatic carboxylic acids is 1. The molecule has 19 heavy (non-hydrogen) atoms. The van der Waals surface area contributed by atoms with E-state index in [4.69, 9.17) is 5.11 Å². The Bertz CT molecular complexity index is 458. The number of piperidine rings is 1. The van der Waals surface area contributed by atoms with E-state index in [1.165, 1.54) is 19.3 Å². The molecule has 1 heterocycles. The summed E-state index contributed by atoms with van der Waals surface area (Å²) in [5.41, 5.74) is 1.90. The summed E-state index contributed by atoms with van der Waals surface area (Å²) < 4.78 is 0. The maximum absolute atomic E-state index is 11.0. The Morgan fingerprint density at radius 2 is 2.26 bits per heavy atom. The summed E-state index contributed by atoms with van der Waals surface area (Å²) in [7, 11) is 0. The third-order valence-corrected chi connectivity index (χ3v) is 4.29. The molecule has 1 aliphatic heterocycles. The van der Waals surface area contributed by atoms with Crippen LogP contribution < -0.4 is 0 Å². The number of carboxylic acids is 1. The van der Waals surface area contributed by atoms with Crippen LogP contribution in [-0.2, 0) is 6.54 Å². The Labute approximate surface area is 115 Å². The SMILES string of the molecule is CCC1(C)CCCN(Cc2cccc(C(=O)O)c2)C1. The van der Waals surface area contributed by atoms with Crippen LogP contribution in [0.2, 0.25) is 0 Å². The van der Waals surface area contributed by atoms with Crippen LogP contribution in [-0.4, -0.2) is 29.1 Å². The quantitative estimate of drug-likeness (QED) is 0.903. The first-order chi connectivity index (χ1) is 9.02. The zero-order valence-corrected chi connectivity index (χ0v) is 11.9. The summed E-state index contributed by atoms with van der Waals surface area (Å²) in [4.78, 5) is 13.4. The molecular weight excluding hydrogens is 238 g/mol. The standard InChI is InChI=1S/C16H23NO2/c1-3-16(2)8-5-9-17(12-16)11-13-6-4-7-14(10-13)15(18)19/h4,6-7,10H,3,5,8-9,11-12H2,1-2H3,(H,18,19). The van der Waals surface area contributed by atoms with E-state index in [9.17, 15) is 4.79 Å². The fourth-order valence-electron chi connectivity index (χ4n) is 2.91. The van der Waals surface area contributed by atoms with Gasteiger partial charge in [-0.3, -0.25) is 4.90 Å². The van der Waals surface area contributed by atoms with Gasteiger partial charge in [-0.1, -0.05) is 26.0 Å². The Hall–Kier alpha value is -1.35. The Morgan fingerprint density at radius 3 is 2.95 bits per heavy atom. The lowest BCUT2D eigenvalue weighted by Gasteiger charge is -2.40. The van der Waals surface area contributed by atoms with Gasteiger partial charge in [-0.25, -0.2) is 4.79 Å². The fraction of sp³-hybridized carbons (Fsp3) is 0.562. The Kier molecular flexibility index (Phi) is 4.25. The highest BCUT2D eigenvalue weighted by Gasteiger charge is 2.29. The molecule has 1 aromatic rings. The average molecular weight is 261 g/mol. The number of carboxylic acid groups (broad SMARTS) is 1. The highest BCUT2D eigenvalue weighted by molar-refractivity contribution is 5.87. The summed E-state index contributed by atoms with van der Waals surface area (Å²) in [5.74, 6) is -0.848. The number of rotatable bonds is 4. The number of likely N-dealkylation sites (tertiary alicyclic amines) is 1. The van der Waals surface area contributed by atoms with Crippen LogP contribution in [0.3, 0.4) is 0 Å². The molecule has 1 saturated heterocycles. The first kappa shape index (κ1) is 14.1. The topological polar surface area (TPSA) is 40.5 Å². The van der Waals surface area contributed by atoms with Crippen molar-refractivity contribution >= 4 is 5.97 Å². The molecule has 3 heteroatoms. The Morgan fingerprint density at radius 1 is 1.47 bits per heavy atom.